The average Bonchev–Trinajstić information content (AvgIpc) is 2.48. The van der Waals surface area contributed by atoms with E-state index in [2.05, 4.69) is 31.9 Å². The smallest absolute Gasteiger partial charge is 0.335 e. The predicted molar refractivity (Wildman–Crippen MR) is 87.3 cm³/mol. The Bertz CT molecular complexity index is 753. The van der Waals surface area contributed by atoms with Gasteiger partial charge in [0.2, 0.25) is 0 Å². The van der Waals surface area contributed by atoms with Gasteiger partial charge in [-0.15, -0.1) is 0 Å². The molecule has 2 aromatic rings. The zero-order chi connectivity index (χ0) is 15.0. The van der Waals surface area contributed by atoms with Gasteiger partial charge >= 0.3 is 5.97 Å². The summed E-state index contributed by atoms with van der Waals surface area (Å²) < 4.78 is 7.66. The summed E-state index contributed by atoms with van der Waals surface area (Å²) in [7, 11) is 0. The molecule has 0 bridgehead atoms. The molecule has 0 radical (unpaired) electrons. The van der Waals surface area contributed by atoms with Crippen LogP contribution in [0.3, 0.4) is 0 Å². The van der Waals surface area contributed by atoms with Gasteiger partial charge < -0.3 is 9.84 Å². The topological polar surface area (TPSA) is 46.5 Å². The van der Waals surface area contributed by atoms with Crippen molar-refractivity contribution in [2.24, 2.45) is 0 Å². The Morgan fingerprint density at radius 3 is 2.57 bits per heavy atom. The third-order valence-electron chi connectivity index (χ3n) is 3.25. The molecular formula is C16H10Br2O3. The number of aliphatic carboxylic acids is 1. The van der Waals surface area contributed by atoms with Crippen molar-refractivity contribution >= 4 is 43.9 Å². The lowest BCUT2D eigenvalue weighted by molar-refractivity contribution is -0.133. The Balaban J connectivity index is 2.10. The highest BCUT2D eigenvalue weighted by Crippen LogP contribution is 2.38. The van der Waals surface area contributed by atoms with Crippen molar-refractivity contribution in [3.8, 4) is 5.75 Å². The number of hydrogen-bond donors (Lipinski definition) is 1. The van der Waals surface area contributed by atoms with Gasteiger partial charge in [-0.1, -0.05) is 24.3 Å². The van der Waals surface area contributed by atoms with Crippen molar-refractivity contribution in [1.29, 1.82) is 0 Å². The number of carbonyl (C=O) groups is 1. The monoisotopic (exact) mass is 408 g/mol. The first-order valence-corrected chi connectivity index (χ1v) is 7.80. The fraction of sp³-hybridized carbons (Fsp3) is 0.0625. The molecule has 1 aliphatic rings. The Hall–Kier alpha value is -1.59. The Morgan fingerprint density at radius 1 is 1.10 bits per heavy atom. The van der Waals surface area contributed by atoms with Crippen LogP contribution in [0.15, 0.2) is 57.0 Å². The van der Waals surface area contributed by atoms with Crippen LogP contribution in [0, 0.1) is 0 Å². The third-order valence-corrected chi connectivity index (χ3v) is 5.13. The number of ether oxygens (including phenoxy) is 1. The maximum absolute atomic E-state index is 11.5. The maximum atomic E-state index is 11.5. The van der Waals surface area contributed by atoms with Gasteiger partial charge in [-0.2, -0.15) is 0 Å². The molecule has 1 unspecified atom stereocenters. The van der Waals surface area contributed by atoms with E-state index in [1.165, 1.54) is 0 Å². The first-order valence-electron chi connectivity index (χ1n) is 6.22. The third kappa shape index (κ3) is 2.76. The molecule has 0 aliphatic carbocycles. The van der Waals surface area contributed by atoms with E-state index in [1.54, 1.807) is 6.08 Å². The molecule has 0 saturated carbocycles. The van der Waals surface area contributed by atoms with Crippen LogP contribution in [-0.2, 0) is 4.79 Å². The van der Waals surface area contributed by atoms with Gasteiger partial charge in [0.05, 0.1) is 5.57 Å². The van der Waals surface area contributed by atoms with Crippen LogP contribution in [0.1, 0.15) is 17.2 Å². The largest absolute Gasteiger partial charge is 0.480 e. The zero-order valence-corrected chi connectivity index (χ0v) is 13.9. The summed E-state index contributed by atoms with van der Waals surface area (Å²) in [6.07, 6.45) is 1.05. The standard InChI is InChI=1S/C16H10Br2O3/c17-12-6-5-10(8-13(12)18)15-11(16(19)20)7-9-3-1-2-4-14(9)21-15/h1-8,15H,(H,19,20). The SMILES string of the molecule is O=C(O)C1=Cc2ccccc2OC1c1ccc(Br)c(Br)c1. The quantitative estimate of drug-likeness (QED) is 0.773. The molecule has 1 aliphatic heterocycles. The van der Waals surface area contributed by atoms with Crippen molar-refractivity contribution in [1.82, 2.24) is 0 Å². The summed E-state index contributed by atoms with van der Waals surface area (Å²) in [5, 5.41) is 9.45. The fourth-order valence-electron chi connectivity index (χ4n) is 2.24. The normalized spacial score (nSPS) is 16.7. The predicted octanol–water partition coefficient (Wildman–Crippen LogP) is 4.81. The number of fused-ring (bicyclic) bond motifs is 1. The van der Waals surface area contributed by atoms with E-state index in [0.29, 0.717) is 5.75 Å². The van der Waals surface area contributed by atoms with E-state index in [0.717, 1.165) is 20.1 Å². The molecule has 1 N–H and O–H groups in total. The van der Waals surface area contributed by atoms with Crippen LogP contribution < -0.4 is 4.74 Å². The van der Waals surface area contributed by atoms with Crippen LogP contribution in [-0.4, -0.2) is 11.1 Å². The minimum atomic E-state index is -0.978. The van der Waals surface area contributed by atoms with Crippen molar-refractivity contribution < 1.29 is 14.6 Å². The molecule has 21 heavy (non-hydrogen) atoms. The van der Waals surface area contributed by atoms with Crippen molar-refractivity contribution in [2.45, 2.75) is 6.10 Å². The molecule has 5 heteroatoms. The number of para-hydroxylation sites is 1. The van der Waals surface area contributed by atoms with Gasteiger partial charge in [0, 0.05) is 14.5 Å². The molecule has 2 aromatic carbocycles. The van der Waals surface area contributed by atoms with E-state index in [1.807, 2.05) is 42.5 Å². The van der Waals surface area contributed by atoms with E-state index in [9.17, 15) is 9.90 Å². The molecule has 0 spiro atoms. The van der Waals surface area contributed by atoms with Crippen molar-refractivity contribution in [2.75, 3.05) is 0 Å². The number of carboxylic acid groups (broad SMARTS) is 1. The van der Waals surface area contributed by atoms with Gasteiger partial charge in [-0.05, 0) is 61.7 Å². The van der Waals surface area contributed by atoms with Gasteiger partial charge in [0.15, 0.2) is 6.10 Å². The number of halogens is 2. The Labute approximate surface area is 138 Å². The van der Waals surface area contributed by atoms with E-state index < -0.39 is 12.1 Å². The van der Waals surface area contributed by atoms with Crippen LogP contribution in [0.2, 0.25) is 0 Å². The number of benzene rings is 2. The lowest BCUT2D eigenvalue weighted by Gasteiger charge is -2.25. The maximum Gasteiger partial charge on any atom is 0.335 e. The molecule has 0 aromatic heterocycles. The van der Waals surface area contributed by atoms with Gasteiger partial charge in [0.25, 0.3) is 0 Å². The first-order chi connectivity index (χ1) is 10.1. The lowest BCUT2D eigenvalue weighted by Crippen LogP contribution is -2.20. The second-order valence-corrected chi connectivity index (χ2v) is 6.32. The fourth-order valence-corrected chi connectivity index (χ4v) is 2.88. The summed E-state index contributed by atoms with van der Waals surface area (Å²) in [4.78, 5) is 11.5. The molecule has 0 fully saturated rings. The van der Waals surface area contributed by atoms with Gasteiger partial charge in [-0.3, -0.25) is 0 Å². The first kappa shape index (κ1) is 14.4. The summed E-state index contributed by atoms with van der Waals surface area (Å²) >= 11 is 6.84. The summed E-state index contributed by atoms with van der Waals surface area (Å²) in [6, 6.07) is 13.0. The van der Waals surface area contributed by atoms with E-state index in [4.69, 9.17) is 4.74 Å². The van der Waals surface area contributed by atoms with Gasteiger partial charge in [0.1, 0.15) is 5.75 Å². The van der Waals surface area contributed by atoms with Gasteiger partial charge in [-0.25, -0.2) is 4.79 Å². The number of hydrogen-bond acceptors (Lipinski definition) is 2. The Kier molecular flexibility index (Phi) is 3.87. The highest BCUT2D eigenvalue weighted by Gasteiger charge is 2.29. The van der Waals surface area contributed by atoms with Crippen molar-refractivity contribution in [3.63, 3.8) is 0 Å². The zero-order valence-electron chi connectivity index (χ0n) is 10.7. The number of rotatable bonds is 2. The minimum Gasteiger partial charge on any atom is -0.480 e. The molecule has 1 atom stereocenters. The summed E-state index contributed by atoms with van der Waals surface area (Å²) in [5.74, 6) is -0.292. The highest BCUT2D eigenvalue weighted by atomic mass is 79.9. The van der Waals surface area contributed by atoms with E-state index in [-0.39, 0.29) is 5.57 Å². The second kappa shape index (κ2) is 5.66. The minimum absolute atomic E-state index is 0.225. The molecule has 0 amide bonds. The molecule has 0 saturated heterocycles. The molecule has 1 heterocycles. The van der Waals surface area contributed by atoms with Crippen LogP contribution >= 0.6 is 31.9 Å². The van der Waals surface area contributed by atoms with E-state index >= 15 is 0 Å². The summed E-state index contributed by atoms with van der Waals surface area (Å²) in [5.41, 5.74) is 1.79. The van der Waals surface area contributed by atoms with Crippen LogP contribution in [0.5, 0.6) is 5.75 Å². The van der Waals surface area contributed by atoms with Crippen molar-refractivity contribution in [3.05, 3.63) is 68.1 Å². The molecule has 3 rings (SSSR count). The van der Waals surface area contributed by atoms with Crippen LogP contribution in [0.4, 0.5) is 0 Å². The second-order valence-electron chi connectivity index (χ2n) is 4.61. The average molecular weight is 410 g/mol. The lowest BCUT2D eigenvalue weighted by atomic mass is 9.96. The van der Waals surface area contributed by atoms with Crippen LogP contribution in [0.25, 0.3) is 6.08 Å². The highest BCUT2D eigenvalue weighted by molar-refractivity contribution is 9.13. The molecule has 106 valence electrons. The summed E-state index contributed by atoms with van der Waals surface area (Å²) in [6.45, 7) is 0. The number of carboxylic acids is 1. The molecule has 3 nitrogen and oxygen atoms in total. The Morgan fingerprint density at radius 2 is 1.86 bits per heavy atom. The molecular weight excluding hydrogens is 400 g/mol.